The van der Waals surface area contributed by atoms with Gasteiger partial charge in [-0.15, -0.1) is 10.2 Å². The van der Waals surface area contributed by atoms with E-state index in [1.807, 2.05) is 19.1 Å². The first-order valence-corrected chi connectivity index (χ1v) is 6.46. The third-order valence-corrected chi connectivity index (χ3v) is 3.13. The molecule has 17 heavy (non-hydrogen) atoms. The molecule has 5 heteroatoms. The van der Waals surface area contributed by atoms with Crippen LogP contribution in [0.4, 0.5) is 10.8 Å². The van der Waals surface area contributed by atoms with Crippen LogP contribution in [0.15, 0.2) is 24.3 Å². The van der Waals surface area contributed by atoms with E-state index in [4.69, 9.17) is 5.73 Å². The molecule has 0 bridgehead atoms. The van der Waals surface area contributed by atoms with Gasteiger partial charge in [-0.2, -0.15) is 0 Å². The van der Waals surface area contributed by atoms with E-state index in [2.05, 4.69) is 27.6 Å². The Kier molecular flexibility index (Phi) is 4.06. The first kappa shape index (κ1) is 12.0. The minimum Gasteiger partial charge on any atom is -0.330 e. The van der Waals surface area contributed by atoms with Gasteiger partial charge in [0.1, 0.15) is 5.01 Å². The molecule has 0 saturated heterocycles. The van der Waals surface area contributed by atoms with Gasteiger partial charge in [0, 0.05) is 5.69 Å². The van der Waals surface area contributed by atoms with E-state index in [1.165, 1.54) is 5.56 Å². The Hall–Kier alpha value is -1.46. The lowest BCUT2D eigenvalue weighted by atomic mass is 10.1. The molecule has 90 valence electrons. The number of nitrogens with zero attached hydrogens (tertiary/aromatic N) is 2. The Morgan fingerprint density at radius 2 is 2.24 bits per heavy atom. The fourth-order valence-electron chi connectivity index (χ4n) is 1.58. The highest BCUT2D eigenvalue weighted by atomic mass is 32.1. The lowest BCUT2D eigenvalue weighted by molar-refractivity contribution is 0.833. The van der Waals surface area contributed by atoms with Crippen LogP contribution >= 0.6 is 11.3 Å². The van der Waals surface area contributed by atoms with Crippen LogP contribution in [0.5, 0.6) is 0 Å². The summed E-state index contributed by atoms with van der Waals surface area (Å²) in [5.74, 6) is 0. The maximum Gasteiger partial charge on any atom is 0.210 e. The van der Waals surface area contributed by atoms with Crippen LogP contribution in [0.1, 0.15) is 17.0 Å². The molecule has 1 heterocycles. The lowest BCUT2D eigenvalue weighted by Gasteiger charge is -2.05. The summed E-state index contributed by atoms with van der Waals surface area (Å²) in [5.41, 5.74) is 7.85. The number of benzene rings is 1. The van der Waals surface area contributed by atoms with Gasteiger partial charge in [-0.05, 0) is 44.0 Å². The Balaban J connectivity index is 2.05. The van der Waals surface area contributed by atoms with E-state index in [1.54, 1.807) is 11.3 Å². The fraction of sp³-hybridized carbons (Fsp3) is 0.333. The van der Waals surface area contributed by atoms with E-state index in [0.29, 0.717) is 0 Å². The second kappa shape index (κ2) is 5.75. The second-order valence-electron chi connectivity index (χ2n) is 3.84. The quantitative estimate of drug-likeness (QED) is 0.853. The molecule has 2 aromatic rings. The van der Waals surface area contributed by atoms with Gasteiger partial charge < -0.3 is 11.1 Å². The zero-order valence-electron chi connectivity index (χ0n) is 9.81. The lowest BCUT2D eigenvalue weighted by Crippen LogP contribution is -2.00. The van der Waals surface area contributed by atoms with E-state index < -0.39 is 0 Å². The van der Waals surface area contributed by atoms with Gasteiger partial charge in [0.15, 0.2) is 0 Å². The number of aromatic nitrogens is 2. The zero-order valence-corrected chi connectivity index (χ0v) is 10.6. The third kappa shape index (κ3) is 3.51. The molecule has 0 saturated carbocycles. The smallest absolute Gasteiger partial charge is 0.210 e. The van der Waals surface area contributed by atoms with Crippen molar-refractivity contribution in [2.75, 3.05) is 11.9 Å². The van der Waals surface area contributed by atoms with E-state index in [9.17, 15) is 0 Å². The van der Waals surface area contributed by atoms with Crippen molar-refractivity contribution in [3.05, 3.63) is 34.8 Å². The molecule has 0 unspecified atom stereocenters. The van der Waals surface area contributed by atoms with Crippen LogP contribution in [0.3, 0.4) is 0 Å². The van der Waals surface area contributed by atoms with Crippen molar-refractivity contribution in [3.8, 4) is 0 Å². The minimum absolute atomic E-state index is 0.729. The van der Waals surface area contributed by atoms with Crippen molar-refractivity contribution in [2.24, 2.45) is 5.73 Å². The molecule has 1 aromatic heterocycles. The molecule has 0 radical (unpaired) electrons. The summed E-state index contributed by atoms with van der Waals surface area (Å²) in [4.78, 5) is 0. The van der Waals surface area contributed by atoms with Crippen LogP contribution in [-0.2, 0) is 6.42 Å². The minimum atomic E-state index is 0.729. The molecule has 0 amide bonds. The summed E-state index contributed by atoms with van der Waals surface area (Å²) in [6.45, 7) is 2.67. The molecule has 0 spiro atoms. The zero-order chi connectivity index (χ0) is 12.1. The molecule has 3 N–H and O–H groups in total. The summed E-state index contributed by atoms with van der Waals surface area (Å²) >= 11 is 1.55. The van der Waals surface area contributed by atoms with Crippen molar-refractivity contribution >= 4 is 22.2 Å². The maximum atomic E-state index is 5.51. The van der Waals surface area contributed by atoms with Crippen molar-refractivity contribution in [2.45, 2.75) is 19.8 Å². The van der Waals surface area contributed by atoms with E-state index in [0.717, 1.165) is 35.2 Å². The van der Waals surface area contributed by atoms with E-state index >= 15 is 0 Å². The van der Waals surface area contributed by atoms with E-state index in [-0.39, 0.29) is 0 Å². The van der Waals surface area contributed by atoms with Crippen molar-refractivity contribution < 1.29 is 0 Å². The topological polar surface area (TPSA) is 63.8 Å². The third-order valence-electron chi connectivity index (χ3n) is 2.37. The molecule has 1 aromatic carbocycles. The second-order valence-corrected chi connectivity index (χ2v) is 5.03. The van der Waals surface area contributed by atoms with Gasteiger partial charge in [-0.25, -0.2) is 0 Å². The highest BCUT2D eigenvalue weighted by molar-refractivity contribution is 7.15. The maximum absolute atomic E-state index is 5.51. The molecule has 0 aliphatic heterocycles. The Labute approximate surface area is 105 Å². The van der Waals surface area contributed by atoms with Gasteiger partial charge in [-0.1, -0.05) is 23.5 Å². The highest BCUT2D eigenvalue weighted by Crippen LogP contribution is 2.21. The van der Waals surface area contributed by atoms with Crippen LogP contribution in [-0.4, -0.2) is 16.7 Å². The predicted molar refractivity (Wildman–Crippen MR) is 71.7 cm³/mol. The van der Waals surface area contributed by atoms with Crippen molar-refractivity contribution in [1.29, 1.82) is 0 Å². The van der Waals surface area contributed by atoms with Crippen LogP contribution in [0, 0.1) is 6.92 Å². The van der Waals surface area contributed by atoms with Gasteiger partial charge in [0.05, 0.1) is 0 Å². The first-order valence-electron chi connectivity index (χ1n) is 5.64. The van der Waals surface area contributed by atoms with Gasteiger partial charge in [0.25, 0.3) is 0 Å². The highest BCUT2D eigenvalue weighted by Gasteiger charge is 2.01. The molecule has 2 rings (SSSR count). The average molecular weight is 248 g/mol. The molecular weight excluding hydrogens is 232 g/mol. The number of anilines is 2. The summed E-state index contributed by atoms with van der Waals surface area (Å²) in [7, 11) is 0. The standard InChI is InChI=1S/C12H16N4S/c1-9-15-16-12(17-9)14-11-6-2-4-10(8-11)5-3-7-13/h2,4,6,8H,3,5,7,13H2,1H3,(H,14,16). The molecule has 0 atom stereocenters. The summed E-state index contributed by atoms with van der Waals surface area (Å²) < 4.78 is 0. The summed E-state index contributed by atoms with van der Waals surface area (Å²) in [5, 5.41) is 13.1. The Morgan fingerprint density at radius 3 is 2.94 bits per heavy atom. The molecule has 0 aliphatic rings. The van der Waals surface area contributed by atoms with Crippen LogP contribution < -0.4 is 11.1 Å². The fourth-order valence-corrected chi connectivity index (χ4v) is 2.19. The number of nitrogens with one attached hydrogen (secondary N) is 1. The normalized spacial score (nSPS) is 10.5. The Morgan fingerprint density at radius 1 is 1.35 bits per heavy atom. The van der Waals surface area contributed by atoms with Gasteiger partial charge in [0.2, 0.25) is 5.13 Å². The number of nitrogens with two attached hydrogens (primary N) is 1. The van der Waals surface area contributed by atoms with Gasteiger partial charge >= 0.3 is 0 Å². The number of hydrogen-bond acceptors (Lipinski definition) is 5. The van der Waals surface area contributed by atoms with Crippen molar-refractivity contribution in [3.63, 3.8) is 0 Å². The average Bonchev–Trinajstić information content (AvgIpc) is 2.73. The monoisotopic (exact) mass is 248 g/mol. The predicted octanol–water partition coefficient (Wildman–Crippen LogP) is 2.48. The number of hydrogen-bond donors (Lipinski definition) is 2. The number of aryl methyl sites for hydroxylation is 2. The summed E-state index contributed by atoms with van der Waals surface area (Å²) in [6.07, 6.45) is 2.03. The van der Waals surface area contributed by atoms with Crippen LogP contribution in [0.25, 0.3) is 0 Å². The number of rotatable bonds is 5. The largest absolute Gasteiger partial charge is 0.330 e. The van der Waals surface area contributed by atoms with Crippen LogP contribution in [0.2, 0.25) is 0 Å². The molecule has 4 nitrogen and oxygen atoms in total. The SMILES string of the molecule is Cc1nnc(Nc2cccc(CCCN)c2)s1. The summed E-state index contributed by atoms with van der Waals surface area (Å²) in [6, 6.07) is 8.32. The molecule has 0 aliphatic carbocycles. The molecular formula is C12H16N4S. The van der Waals surface area contributed by atoms with Crippen molar-refractivity contribution in [1.82, 2.24) is 10.2 Å². The molecule has 0 fully saturated rings. The van der Waals surface area contributed by atoms with Gasteiger partial charge in [-0.3, -0.25) is 0 Å². The Bertz CT molecular complexity index is 481. The first-order chi connectivity index (χ1) is 8.28.